The van der Waals surface area contributed by atoms with Crippen molar-refractivity contribution in [3.05, 3.63) is 22.8 Å². The van der Waals surface area contributed by atoms with Crippen LogP contribution in [0.2, 0.25) is 0 Å². The molecule has 1 atom stereocenters. The van der Waals surface area contributed by atoms with Crippen LogP contribution in [-0.2, 0) is 0 Å². The summed E-state index contributed by atoms with van der Waals surface area (Å²) in [5.41, 5.74) is 0.314. The molecule has 1 fully saturated rings. The molecule has 82 valence electrons. The first-order valence-electron chi connectivity index (χ1n) is 4.99. The minimum Gasteiger partial charge on any atom is -0.355 e. The average Bonchev–Trinajstić information content (AvgIpc) is 2.42. The Morgan fingerprint density at radius 1 is 1.47 bits per heavy atom. The Labute approximate surface area is 107 Å². The van der Waals surface area contributed by atoms with Crippen LogP contribution in [0.3, 0.4) is 0 Å². The second-order valence-corrected chi connectivity index (χ2v) is 6.69. The van der Waals surface area contributed by atoms with Crippen LogP contribution in [0.25, 0.3) is 0 Å². The van der Waals surface area contributed by atoms with Crippen molar-refractivity contribution < 1.29 is 0 Å². The number of pyridine rings is 1. The van der Waals surface area contributed by atoms with E-state index < -0.39 is 0 Å². The molecule has 2 rings (SSSR count). The van der Waals surface area contributed by atoms with Crippen molar-refractivity contribution in [3.63, 3.8) is 0 Å². The number of anilines is 1. The van der Waals surface area contributed by atoms with E-state index in [1.807, 2.05) is 12.3 Å². The largest absolute Gasteiger partial charge is 0.355 e. The Bertz CT molecular complexity index is 348. The molecule has 0 N–H and O–H groups in total. The van der Waals surface area contributed by atoms with Gasteiger partial charge in [-0.05, 0) is 33.5 Å². The van der Waals surface area contributed by atoms with Crippen molar-refractivity contribution in [3.8, 4) is 0 Å². The lowest BCUT2D eigenvalue weighted by atomic mass is 9.93. The summed E-state index contributed by atoms with van der Waals surface area (Å²) >= 11 is 7.13. The second-order valence-electron chi connectivity index (χ2n) is 4.67. The van der Waals surface area contributed by atoms with Crippen molar-refractivity contribution in [1.29, 1.82) is 0 Å². The molecule has 0 spiro atoms. The lowest BCUT2D eigenvalue weighted by molar-refractivity contribution is 0.434. The van der Waals surface area contributed by atoms with Crippen LogP contribution in [-0.4, -0.2) is 22.9 Å². The number of aromatic nitrogens is 1. The highest BCUT2D eigenvalue weighted by Gasteiger charge is 2.38. The van der Waals surface area contributed by atoms with E-state index in [2.05, 4.69) is 61.7 Å². The van der Waals surface area contributed by atoms with Gasteiger partial charge in [-0.15, -0.1) is 0 Å². The molecule has 0 bridgehead atoms. The minimum atomic E-state index is 0.314. The molecule has 1 aliphatic heterocycles. The molecule has 1 aliphatic rings. The summed E-state index contributed by atoms with van der Waals surface area (Å²) < 4.78 is 1.03. The lowest BCUT2D eigenvalue weighted by Crippen LogP contribution is -2.24. The topological polar surface area (TPSA) is 16.1 Å². The molecular formula is C11H14Br2N2. The molecular weight excluding hydrogens is 320 g/mol. The molecule has 0 amide bonds. The molecule has 0 aromatic carbocycles. The number of alkyl halides is 1. The van der Waals surface area contributed by atoms with E-state index >= 15 is 0 Å². The molecule has 15 heavy (non-hydrogen) atoms. The van der Waals surface area contributed by atoms with Gasteiger partial charge in [0.15, 0.2) is 0 Å². The first-order valence-corrected chi connectivity index (χ1v) is 6.70. The molecule has 2 heterocycles. The number of rotatable bonds is 1. The second kappa shape index (κ2) is 4.06. The maximum Gasteiger partial charge on any atom is 0.128 e. The molecule has 1 aromatic rings. The zero-order valence-electron chi connectivity index (χ0n) is 8.87. The van der Waals surface area contributed by atoms with E-state index in [9.17, 15) is 0 Å². The fourth-order valence-corrected chi connectivity index (χ4v) is 2.55. The summed E-state index contributed by atoms with van der Waals surface area (Å²) in [7, 11) is 0. The highest BCUT2D eigenvalue weighted by molar-refractivity contribution is 9.10. The third kappa shape index (κ3) is 2.36. The number of nitrogens with zero attached hydrogens (tertiary/aromatic N) is 2. The van der Waals surface area contributed by atoms with Gasteiger partial charge in [-0.2, -0.15) is 0 Å². The van der Waals surface area contributed by atoms with Gasteiger partial charge in [0.05, 0.1) is 0 Å². The Balaban J connectivity index is 2.17. The maximum absolute atomic E-state index is 4.42. The van der Waals surface area contributed by atoms with Crippen LogP contribution < -0.4 is 4.90 Å². The van der Waals surface area contributed by atoms with Gasteiger partial charge in [0.1, 0.15) is 5.82 Å². The normalized spacial score (nSPS) is 24.5. The summed E-state index contributed by atoms with van der Waals surface area (Å²) in [5.74, 6) is 1.06. The van der Waals surface area contributed by atoms with Crippen molar-refractivity contribution in [2.45, 2.75) is 18.7 Å². The Morgan fingerprint density at radius 2 is 2.20 bits per heavy atom. The minimum absolute atomic E-state index is 0.314. The van der Waals surface area contributed by atoms with Crippen molar-refractivity contribution in [2.75, 3.05) is 18.0 Å². The Kier molecular flexibility index (Phi) is 3.08. The standard InChI is InChI=1S/C11H14Br2N2/c1-11(2)7-15(6-9(11)13)10-4-3-8(12)5-14-10/h3-5,9H,6-7H2,1-2H3. The van der Waals surface area contributed by atoms with Gasteiger partial charge in [0.25, 0.3) is 0 Å². The molecule has 4 heteroatoms. The van der Waals surface area contributed by atoms with E-state index in [0.29, 0.717) is 10.2 Å². The summed E-state index contributed by atoms with van der Waals surface area (Å²) in [6, 6.07) is 4.10. The maximum atomic E-state index is 4.42. The molecule has 0 radical (unpaired) electrons. The van der Waals surface area contributed by atoms with Crippen molar-refractivity contribution in [1.82, 2.24) is 4.98 Å². The monoisotopic (exact) mass is 332 g/mol. The molecule has 2 nitrogen and oxygen atoms in total. The predicted octanol–water partition coefficient (Wildman–Crippen LogP) is 3.45. The summed E-state index contributed by atoms with van der Waals surface area (Å²) in [5, 5.41) is 0. The Morgan fingerprint density at radius 3 is 2.67 bits per heavy atom. The van der Waals surface area contributed by atoms with Crippen molar-refractivity contribution in [2.24, 2.45) is 5.41 Å². The quantitative estimate of drug-likeness (QED) is 0.732. The zero-order valence-corrected chi connectivity index (χ0v) is 12.0. The smallest absolute Gasteiger partial charge is 0.128 e. The predicted molar refractivity (Wildman–Crippen MR) is 70.6 cm³/mol. The van der Waals surface area contributed by atoms with E-state index in [4.69, 9.17) is 0 Å². The first kappa shape index (κ1) is 11.4. The molecule has 1 unspecified atom stereocenters. The summed E-state index contributed by atoms with van der Waals surface area (Å²) in [6.45, 7) is 6.65. The van der Waals surface area contributed by atoms with Crippen LogP contribution >= 0.6 is 31.9 Å². The third-order valence-electron chi connectivity index (χ3n) is 2.86. The molecule has 0 saturated carbocycles. The van der Waals surface area contributed by atoms with E-state index in [0.717, 1.165) is 23.4 Å². The van der Waals surface area contributed by atoms with Gasteiger partial charge < -0.3 is 4.90 Å². The fourth-order valence-electron chi connectivity index (χ4n) is 1.83. The molecule has 1 saturated heterocycles. The highest BCUT2D eigenvalue weighted by atomic mass is 79.9. The van der Waals surface area contributed by atoms with Crippen molar-refractivity contribution >= 4 is 37.7 Å². The first-order chi connectivity index (χ1) is 6.99. The van der Waals surface area contributed by atoms with Crippen LogP contribution in [0.1, 0.15) is 13.8 Å². The average molecular weight is 334 g/mol. The molecule has 1 aromatic heterocycles. The van der Waals surface area contributed by atoms with E-state index in [1.54, 1.807) is 0 Å². The molecule has 0 aliphatic carbocycles. The van der Waals surface area contributed by atoms with Crippen LogP contribution in [0.5, 0.6) is 0 Å². The Hall–Kier alpha value is -0.0900. The summed E-state index contributed by atoms with van der Waals surface area (Å²) in [4.78, 5) is 7.28. The van der Waals surface area contributed by atoms with E-state index in [1.165, 1.54) is 0 Å². The highest BCUT2D eigenvalue weighted by Crippen LogP contribution is 2.36. The van der Waals surface area contributed by atoms with Gasteiger partial charge in [0.2, 0.25) is 0 Å². The fraction of sp³-hybridized carbons (Fsp3) is 0.545. The number of hydrogen-bond acceptors (Lipinski definition) is 2. The van der Waals surface area contributed by atoms with Gasteiger partial charge in [-0.3, -0.25) is 0 Å². The SMILES string of the molecule is CC1(C)CN(c2ccc(Br)cn2)CC1Br. The number of hydrogen-bond donors (Lipinski definition) is 0. The zero-order chi connectivity index (χ0) is 11.1. The van der Waals surface area contributed by atoms with Crippen LogP contribution in [0.15, 0.2) is 22.8 Å². The number of halogens is 2. The third-order valence-corrected chi connectivity index (χ3v) is 4.86. The van der Waals surface area contributed by atoms with Gasteiger partial charge >= 0.3 is 0 Å². The van der Waals surface area contributed by atoms with Gasteiger partial charge in [0, 0.05) is 28.6 Å². The van der Waals surface area contributed by atoms with Gasteiger partial charge in [-0.25, -0.2) is 4.98 Å². The lowest BCUT2D eigenvalue weighted by Gasteiger charge is -2.21. The van der Waals surface area contributed by atoms with Gasteiger partial charge in [-0.1, -0.05) is 29.8 Å². The van der Waals surface area contributed by atoms with Crippen LogP contribution in [0.4, 0.5) is 5.82 Å². The van der Waals surface area contributed by atoms with Crippen LogP contribution in [0, 0.1) is 5.41 Å². The van der Waals surface area contributed by atoms with E-state index in [-0.39, 0.29) is 0 Å². The summed E-state index contributed by atoms with van der Waals surface area (Å²) in [6.07, 6.45) is 1.85.